The first-order chi connectivity index (χ1) is 12.7. The minimum absolute atomic E-state index is 0.00173. The van der Waals surface area contributed by atoms with Crippen LogP contribution in [0.1, 0.15) is 40.8 Å². The van der Waals surface area contributed by atoms with Crippen LogP contribution in [0.4, 0.5) is 0 Å². The molecule has 1 fully saturated rings. The second-order valence-corrected chi connectivity index (χ2v) is 6.70. The number of nitrogens with zero attached hydrogens (tertiary/aromatic N) is 6. The smallest absolute Gasteiger partial charge is 0.274 e. The van der Waals surface area contributed by atoms with Gasteiger partial charge in [-0.2, -0.15) is 5.10 Å². The predicted octanol–water partition coefficient (Wildman–Crippen LogP) is 2.08. The van der Waals surface area contributed by atoms with E-state index < -0.39 is 0 Å². The molecular weight excluding hydrogens is 328 g/mol. The van der Waals surface area contributed by atoms with E-state index in [1.165, 1.54) is 0 Å². The van der Waals surface area contributed by atoms with Gasteiger partial charge in [-0.15, -0.1) is 0 Å². The molecule has 7 nitrogen and oxygen atoms in total. The van der Waals surface area contributed by atoms with Gasteiger partial charge in [0.1, 0.15) is 11.5 Å². The largest absolute Gasteiger partial charge is 0.337 e. The van der Waals surface area contributed by atoms with Crippen LogP contribution in [-0.2, 0) is 13.6 Å². The Balaban J connectivity index is 1.50. The first-order valence-electron chi connectivity index (χ1n) is 8.90. The zero-order valence-electron chi connectivity index (χ0n) is 14.8. The van der Waals surface area contributed by atoms with Gasteiger partial charge in [0.25, 0.3) is 5.91 Å². The molecule has 1 saturated heterocycles. The van der Waals surface area contributed by atoms with Crippen molar-refractivity contribution >= 4 is 5.91 Å². The number of carbonyl (C=O) groups excluding carboxylic acids is 1. The third-order valence-corrected chi connectivity index (χ3v) is 4.81. The Hall–Kier alpha value is -2.96. The third-order valence-electron chi connectivity index (χ3n) is 4.81. The molecule has 0 aliphatic carbocycles. The number of aryl methyl sites for hydroxylation is 1. The number of amides is 1. The summed E-state index contributed by atoms with van der Waals surface area (Å²) in [7, 11) is 1.82. The molecule has 1 aliphatic rings. The zero-order valence-corrected chi connectivity index (χ0v) is 14.8. The van der Waals surface area contributed by atoms with Crippen molar-refractivity contribution < 1.29 is 4.79 Å². The van der Waals surface area contributed by atoms with Gasteiger partial charge in [-0.1, -0.05) is 6.07 Å². The fraction of sp³-hybridized carbons (Fsp3) is 0.368. The van der Waals surface area contributed by atoms with Gasteiger partial charge in [-0.05, 0) is 31.0 Å². The van der Waals surface area contributed by atoms with Crippen molar-refractivity contribution in [2.24, 2.45) is 7.05 Å². The molecule has 0 spiro atoms. The van der Waals surface area contributed by atoms with Crippen LogP contribution in [0.3, 0.4) is 0 Å². The van der Waals surface area contributed by atoms with E-state index >= 15 is 0 Å². The minimum Gasteiger partial charge on any atom is -0.337 e. The van der Waals surface area contributed by atoms with Gasteiger partial charge in [0.05, 0.1) is 12.2 Å². The van der Waals surface area contributed by atoms with E-state index in [-0.39, 0.29) is 11.8 Å². The highest BCUT2D eigenvalue weighted by Crippen LogP contribution is 2.27. The van der Waals surface area contributed by atoms with Crippen molar-refractivity contribution in [2.45, 2.75) is 25.3 Å². The maximum atomic E-state index is 12.7. The number of likely N-dealkylation sites (tertiary alicyclic amines) is 1. The number of pyridine rings is 1. The fourth-order valence-corrected chi connectivity index (χ4v) is 3.54. The molecule has 1 unspecified atom stereocenters. The Morgan fingerprint density at radius 2 is 2.12 bits per heavy atom. The topological polar surface area (TPSA) is 68.8 Å². The van der Waals surface area contributed by atoms with Crippen LogP contribution in [0, 0.1) is 0 Å². The van der Waals surface area contributed by atoms with Gasteiger partial charge >= 0.3 is 0 Å². The molecule has 26 heavy (non-hydrogen) atoms. The van der Waals surface area contributed by atoms with Crippen LogP contribution in [0.25, 0.3) is 0 Å². The number of hydrogen-bond acceptors (Lipinski definition) is 4. The lowest BCUT2D eigenvalue weighted by Gasteiger charge is -2.32. The van der Waals surface area contributed by atoms with Gasteiger partial charge in [0.2, 0.25) is 0 Å². The highest BCUT2D eigenvalue weighted by atomic mass is 16.2. The van der Waals surface area contributed by atoms with E-state index in [1.54, 1.807) is 23.1 Å². The van der Waals surface area contributed by atoms with Crippen LogP contribution in [0.2, 0.25) is 0 Å². The molecule has 0 radical (unpaired) electrons. The van der Waals surface area contributed by atoms with E-state index in [4.69, 9.17) is 0 Å². The number of piperidine rings is 1. The molecule has 134 valence electrons. The molecule has 0 bridgehead atoms. The molecule has 0 saturated carbocycles. The van der Waals surface area contributed by atoms with Crippen molar-refractivity contribution in [2.75, 3.05) is 13.1 Å². The van der Waals surface area contributed by atoms with Crippen molar-refractivity contribution in [3.05, 3.63) is 66.3 Å². The Labute approximate surface area is 152 Å². The lowest BCUT2D eigenvalue weighted by molar-refractivity contribution is 0.0696. The maximum absolute atomic E-state index is 12.7. The van der Waals surface area contributed by atoms with Gasteiger partial charge in [0.15, 0.2) is 0 Å². The summed E-state index contributed by atoms with van der Waals surface area (Å²) < 4.78 is 3.80. The highest BCUT2D eigenvalue weighted by Gasteiger charge is 2.28. The molecule has 3 aromatic rings. The number of hydrogen-bond donors (Lipinski definition) is 0. The standard InChI is InChI=1S/C19H22N6O/c1-23-11-7-17(22-23)19(26)25-10-4-5-15(13-25)18-21-9-12-24(18)14-16-6-2-3-8-20-16/h2-3,6-9,11-12,15H,4-5,10,13-14H2,1H3. The number of imidazole rings is 1. The van der Waals surface area contributed by atoms with Crippen LogP contribution in [-0.4, -0.2) is 48.2 Å². The summed E-state index contributed by atoms with van der Waals surface area (Å²) >= 11 is 0. The molecule has 1 atom stereocenters. The second kappa shape index (κ2) is 7.11. The zero-order chi connectivity index (χ0) is 17.9. The monoisotopic (exact) mass is 350 g/mol. The van der Waals surface area contributed by atoms with Gasteiger partial charge in [-0.25, -0.2) is 4.98 Å². The Morgan fingerprint density at radius 3 is 2.88 bits per heavy atom. The van der Waals surface area contributed by atoms with E-state index in [9.17, 15) is 4.79 Å². The molecular formula is C19H22N6O. The predicted molar refractivity (Wildman–Crippen MR) is 96.7 cm³/mol. The number of aromatic nitrogens is 5. The number of rotatable bonds is 4. The molecule has 4 heterocycles. The van der Waals surface area contributed by atoms with Crippen molar-refractivity contribution in [1.29, 1.82) is 0 Å². The summed E-state index contributed by atoms with van der Waals surface area (Å²) in [4.78, 5) is 23.6. The van der Waals surface area contributed by atoms with E-state index in [1.807, 2.05) is 42.5 Å². The molecule has 4 rings (SSSR count). The summed E-state index contributed by atoms with van der Waals surface area (Å²) in [5, 5.41) is 4.24. The summed E-state index contributed by atoms with van der Waals surface area (Å²) in [6, 6.07) is 7.70. The van der Waals surface area contributed by atoms with Gasteiger partial charge in [0, 0.05) is 50.8 Å². The molecule has 7 heteroatoms. The van der Waals surface area contributed by atoms with Gasteiger partial charge in [-0.3, -0.25) is 14.5 Å². The normalized spacial score (nSPS) is 17.4. The summed E-state index contributed by atoms with van der Waals surface area (Å²) in [6.07, 6.45) is 9.43. The molecule has 0 aromatic carbocycles. The molecule has 3 aromatic heterocycles. The van der Waals surface area contributed by atoms with E-state index in [0.29, 0.717) is 18.8 Å². The first-order valence-corrected chi connectivity index (χ1v) is 8.90. The van der Waals surface area contributed by atoms with Crippen LogP contribution in [0.5, 0.6) is 0 Å². The van der Waals surface area contributed by atoms with Crippen LogP contribution >= 0.6 is 0 Å². The average Bonchev–Trinajstić information content (AvgIpc) is 3.31. The Bertz CT molecular complexity index is 884. The Kier molecular flexibility index (Phi) is 4.51. The van der Waals surface area contributed by atoms with E-state index in [0.717, 1.165) is 30.9 Å². The van der Waals surface area contributed by atoms with Crippen LogP contribution < -0.4 is 0 Å². The summed E-state index contributed by atoms with van der Waals surface area (Å²) in [5.74, 6) is 1.25. The van der Waals surface area contributed by atoms with Crippen molar-refractivity contribution in [3.63, 3.8) is 0 Å². The fourth-order valence-electron chi connectivity index (χ4n) is 3.54. The Morgan fingerprint density at radius 1 is 1.19 bits per heavy atom. The SMILES string of the molecule is Cn1ccc(C(=O)N2CCCC(c3nccn3Cc3ccccn3)C2)n1. The highest BCUT2D eigenvalue weighted by molar-refractivity contribution is 5.92. The lowest BCUT2D eigenvalue weighted by Crippen LogP contribution is -2.40. The van der Waals surface area contributed by atoms with Crippen molar-refractivity contribution in [1.82, 2.24) is 29.2 Å². The quantitative estimate of drug-likeness (QED) is 0.722. The maximum Gasteiger partial charge on any atom is 0.274 e. The number of carbonyl (C=O) groups is 1. The van der Waals surface area contributed by atoms with Crippen LogP contribution in [0.15, 0.2) is 49.1 Å². The second-order valence-electron chi connectivity index (χ2n) is 6.70. The van der Waals surface area contributed by atoms with Gasteiger partial charge < -0.3 is 9.47 Å². The average molecular weight is 350 g/mol. The molecule has 1 amide bonds. The lowest BCUT2D eigenvalue weighted by atomic mass is 9.96. The van der Waals surface area contributed by atoms with E-state index in [2.05, 4.69) is 19.6 Å². The summed E-state index contributed by atoms with van der Waals surface area (Å²) in [6.45, 7) is 2.14. The molecule has 0 N–H and O–H groups in total. The third kappa shape index (κ3) is 3.37. The summed E-state index contributed by atoms with van der Waals surface area (Å²) in [5.41, 5.74) is 1.51. The first kappa shape index (κ1) is 16.5. The van der Waals surface area contributed by atoms with Crippen molar-refractivity contribution in [3.8, 4) is 0 Å². The molecule has 1 aliphatic heterocycles. The minimum atomic E-state index is -0.00173.